The van der Waals surface area contributed by atoms with Crippen LogP contribution in [0.4, 0.5) is 13.2 Å². The van der Waals surface area contributed by atoms with E-state index in [4.69, 9.17) is 0 Å². The standard InChI is InChI=1S/C17H16F3NS2/c1-4-14(12-5-7-13(8-6-12)17(18,19)20)15-9-11(2)23-16(15)21-10-22-3/h4-9H,1,10H2,2-3H3/b15-14+,21-16?. The van der Waals surface area contributed by atoms with Crippen LogP contribution in [0.2, 0.25) is 0 Å². The van der Waals surface area contributed by atoms with Gasteiger partial charge in [-0.05, 0) is 47.4 Å². The van der Waals surface area contributed by atoms with E-state index in [1.54, 1.807) is 29.6 Å². The number of allylic oxidation sites excluding steroid dienone is 4. The molecule has 1 nitrogen and oxygen atoms in total. The predicted octanol–water partition coefficient (Wildman–Crippen LogP) is 6.01. The zero-order valence-corrected chi connectivity index (χ0v) is 14.4. The molecule has 0 saturated carbocycles. The van der Waals surface area contributed by atoms with Gasteiger partial charge in [0, 0.05) is 5.57 Å². The predicted molar refractivity (Wildman–Crippen MR) is 95.7 cm³/mol. The first-order valence-corrected chi connectivity index (χ1v) is 9.02. The van der Waals surface area contributed by atoms with Crippen molar-refractivity contribution in [1.82, 2.24) is 0 Å². The molecule has 1 aliphatic rings. The first-order chi connectivity index (χ1) is 10.9. The molecule has 0 amide bonds. The van der Waals surface area contributed by atoms with Gasteiger partial charge in [-0.25, -0.2) is 0 Å². The molecular weight excluding hydrogens is 339 g/mol. The van der Waals surface area contributed by atoms with Crippen LogP contribution in [0.1, 0.15) is 18.1 Å². The minimum Gasteiger partial charge on any atom is -0.267 e. The summed E-state index contributed by atoms with van der Waals surface area (Å²) in [5.41, 5.74) is 1.75. The fourth-order valence-electron chi connectivity index (χ4n) is 2.16. The second-order valence-electron chi connectivity index (χ2n) is 4.84. The smallest absolute Gasteiger partial charge is 0.267 e. The summed E-state index contributed by atoms with van der Waals surface area (Å²) in [5, 5.41) is 0.881. The van der Waals surface area contributed by atoms with Crippen LogP contribution in [-0.2, 0) is 6.18 Å². The molecule has 122 valence electrons. The Bertz CT molecular complexity index is 683. The first-order valence-electron chi connectivity index (χ1n) is 6.81. The van der Waals surface area contributed by atoms with Crippen LogP contribution >= 0.6 is 23.5 Å². The molecular formula is C17H16F3NS2. The second kappa shape index (κ2) is 7.45. The maximum absolute atomic E-state index is 12.7. The van der Waals surface area contributed by atoms with E-state index in [9.17, 15) is 13.2 Å². The molecule has 0 bridgehead atoms. The van der Waals surface area contributed by atoms with E-state index in [1.807, 2.05) is 19.3 Å². The average Bonchev–Trinajstić information content (AvgIpc) is 2.86. The van der Waals surface area contributed by atoms with Crippen LogP contribution < -0.4 is 0 Å². The summed E-state index contributed by atoms with van der Waals surface area (Å²) in [4.78, 5) is 5.63. The van der Waals surface area contributed by atoms with Gasteiger partial charge in [0.15, 0.2) is 0 Å². The van der Waals surface area contributed by atoms with Gasteiger partial charge >= 0.3 is 6.18 Å². The summed E-state index contributed by atoms with van der Waals surface area (Å²) in [7, 11) is 0. The molecule has 6 heteroatoms. The lowest BCUT2D eigenvalue weighted by atomic mass is 9.98. The van der Waals surface area contributed by atoms with Crippen LogP contribution in [-0.4, -0.2) is 17.2 Å². The molecule has 1 aliphatic heterocycles. The van der Waals surface area contributed by atoms with Crippen molar-refractivity contribution in [2.45, 2.75) is 13.1 Å². The molecule has 23 heavy (non-hydrogen) atoms. The molecule has 1 aromatic carbocycles. The number of nitrogens with zero attached hydrogens (tertiary/aromatic N) is 1. The van der Waals surface area contributed by atoms with Crippen molar-refractivity contribution >= 4 is 34.1 Å². The molecule has 0 spiro atoms. The van der Waals surface area contributed by atoms with Crippen molar-refractivity contribution in [1.29, 1.82) is 0 Å². The van der Waals surface area contributed by atoms with E-state index in [-0.39, 0.29) is 0 Å². The van der Waals surface area contributed by atoms with E-state index in [0.29, 0.717) is 11.4 Å². The maximum atomic E-state index is 12.7. The van der Waals surface area contributed by atoms with Crippen LogP contribution in [0.15, 0.2) is 58.5 Å². The van der Waals surface area contributed by atoms with Crippen molar-refractivity contribution < 1.29 is 13.2 Å². The Labute approximate surface area is 142 Å². The lowest BCUT2D eigenvalue weighted by molar-refractivity contribution is -0.137. The van der Waals surface area contributed by atoms with Gasteiger partial charge < -0.3 is 0 Å². The highest BCUT2D eigenvalue weighted by molar-refractivity contribution is 8.18. The third kappa shape index (κ3) is 4.32. The minimum atomic E-state index is -4.33. The van der Waals surface area contributed by atoms with E-state index < -0.39 is 11.7 Å². The van der Waals surface area contributed by atoms with Gasteiger partial charge in [0.2, 0.25) is 0 Å². The summed E-state index contributed by atoms with van der Waals surface area (Å²) in [6.45, 7) is 5.80. The third-order valence-corrected chi connectivity index (χ3v) is 4.56. The van der Waals surface area contributed by atoms with Crippen LogP contribution in [0.25, 0.3) is 5.57 Å². The highest BCUT2D eigenvalue weighted by Gasteiger charge is 2.30. The van der Waals surface area contributed by atoms with Crippen molar-refractivity contribution in [3.63, 3.8) is 0 Å². The monoisotopic (exact) mass is 355 g/mol. The summed E-state index contributed by atoms with van der Waals surface area (Å²) in [6.07, 6.45) is 1.31. The molecule has 0 radical (unpaired) electrons. The second-order valence-corrected chi connectivity index (χ2v) is 6.91. The quantitative estimate of drug-likeness (QED) is 0.655. The van der Waals surface area contributed by atoms with Crippen molar-refractivity contribution in [2.75, 3.05) is 12.1 Å². The molecule has 0 atom stereocenters. The normalized spacial score (nSPS) is 19.0. The molecule has 0 N–H and O–H groups in total. The Hall–Kier alpha value is -1.40. The average molecular weight is 355 g/mol. The topological polar surface area (TPSA) is 12.4 Å². The molecule has 0 unspecified atom stereocenters. The summed E-state index contributed by atoms with van der Waals surface area (Å²) in [5.74, 6) is 0.643. The van der Waals surface area contributed by atoms with Crippen molar-refractivity contribution in [3.8, 4) is 0 Å². The Morgan fingerprint density at radius 2 is 1.96 bits per heavy atom. The molecule has 0 aromatic heterocycles. The zero-order valence-electron chi connectivity index (χ0n) is 12.8. The number of benzene rings is 1. The van der Waals surface area contributed by atoms with Crippen LogP contribution in [0.5, 0.6) is 0 Å². The Morgan fingerprint density at radius 3 is 2.48 bits per heavy atom. The number of hydrogen-bond donors (Lipinski definition) is 0. The number of hydrogen-bond acceptors (Lipinski definition) is 3. The van der Waals surface area contributed by atoms with Gasteiger partial charge in [-0.15, -0.1) is 11.8 Å². The first kappa shape index (κ1) is 17.9. The fraction of sp³-hybridized carbons (Fsp3) is 0.235. The molecule has 0 fully saturated rings. The number of thioether (sulfide) groups is 2. The van der Waals surface area contributed by atoms with Gasteiger partial charge in [0.05, 0.1) is 11.4 Å². The molecule has 0 aliphatic carbocycles. The number of halogens is 3. The van der Waals surface area contributed by atoms with E-state index >= 15 is 0 Å². The third-order valence-electron chi connectivity index (χ3n) is 3.19. The fourth-order valence-corrected chi connectivity index (χ4v) is 3.39. The molecule has 2 rings (SSSR count). The molecule has 1 heterocycles. The maximum Gasteiger partial charge on any atom is 0.416 e. The number of rotatable bonds is 4. The zero-order chi connectivity index (χ0) is 17.0. The van der Waals surface area contributed by atoms with Gasteiger partial charge in [-0.1, -0.05) is 36.5 Å². The van der Waals surface area contributed by atoms with Gasteiger partial charge in [-0.2, -0.15) is 13.2 Å². The number of alkyl halides is 3. The lowest BCUT2D eigenvalue weighted by Gasteiger charge is -2.10. The number of aliphatic imine (C=N–C) groups is 1. The summed E-state index contributed by atoms with van der Waals surface area (Å²) in [6, 6.07) is 5.14. The molecule has 0 saturated heterocycles. The highest BCUT2D eigenvalue weighted by Crippen LogP contribution is 2.37. The highest BCUT2D eigenvalue weighted by atomic mass is 32.2. The van der Waals surface area contributed by atoms with Gasteiger partial charge in [0.25, 0.3) is 0 Å². The van der Waals surface area contributed by atoms with E-state index in [2.05, 4.69) is 11.6 Å². The van der Waals surface area contributed by atoms with E-state index in [1.165, 1.54) is 12.1 Å². The Kier molecular flexibility index (Phi) is 5.81. The summed E-state index contributed by atoms with van der Waals surface area (Å²) >= 11 is 3.19. The SMILES string of the molecule is C=C/C(=C1/C=C(C)SC1=NCSC)c1ccc(C(F)(F)F)cc1. The van der Waals surface area contributed by atoms with Gasteiger partial charge in [0.1, 0.15) is 5.04 Å². The van der Waals surface area contributed by atoms with Crippen molar-refractivity contribution in [3.05, 3.63) is 64.6 Å². The summed E-state index contributed by atoms with van der Waals surface area (Å²) < 4.78 is 38.1. The minimum absolute atomic E-state index is 0.643. The Morgan fingerprint density at radius 1 is 1.30 bits per heavy atom. The largest absolute Gasteiger partial charge is 0.416 e. The van der Waals surface area contributed by atoms with Gasteiger partial charge in [-0.3, -0.25) is 4.99 Å². The lowest BCUT2D eigenvalue weighted by Crippen LogP contribution is -2.04. The Balaban J connectivity index is 2.47. The van der Waals surface area contributed by atoms with E-state index in [0.717, 1.165) is 33.2 Å². The van der Waals surface area contributed by atoms with Crippen LogP contribution in [0, 0.1) is 0 Å². The van der Waals surface area contributed by atoms with Crippen molar-refractivity contribution in [2.24, 2.45) is 4.99 Å². The van der Waals surface area contributed by atoms with Crippen LogP contribution in [0.3, 0.4) is 0 Å². The molecule has 1 aromatic rings.